The van der Waals surface area contributed by atoms with Gasteiger partial charge in [0.15, 0.2) is 0 Å². The number of carbonyl (C=O) groups excluding carboxylic acids is 3. The molecular weight excluding hydrogens is 338 g/mol. The summed E-state index contributed by atoms with van der Waals surface area (Å²) >= 11 is 0. The maximum Gasteiger partial charge on any atom is 0.345 e. The van der Waals surface area contributed by atoms with Gasteiger partial charge in [0.05, 0.1) is 12.6 Å². The van der Waals surface area contributed by atoms with Crippen molar-refractivity contribution >= 4 is 17.8 Å². The van der Waals surface area contributed by atoms with Crippen molar-refractivity contribution in [1.29, 1.82) is 0 Å². The molecule has 25 heavy (non-hydrogen) atoms. The van der Waals surface area contributed by atoms with Crippen LogP contribution in [-0.4, -0.2) is 59.0 Å². The fraction of sp³-hybridized carbons (Fsp3) is 0.800. The smallest absolute Gasteiger partial charge is 0.309 e. The Labute approximate surface area is 143 Å². The van der Waals surface area contributed by atoms with E-state index in [0.29, 0.717) is 26.0 Å². The van der Waals surface area contributed by atoms with Crippen molar-refractivity contribution < 1.29 is 28.0 Å². The monoisotopic (exact) mass is 360 g/mol. The summed E-state index contributed by atoms with van der Waals surface area (Å²) in [6, 6.07) is -1.21. The van der Waals surface area contributed by atoms with E-state index < -0.39 is 36.1 Å². The molecule has 2 bridgehead atoms. The number of unbranched alkanes of at least 4 members (excludes halogenated alkanes) is 1. The average Bonchev–Trinajstić information content (AvgIpc) is 3.16. The maximum atomic E-state index is 12.8. The predicted octanol–water partition coefficient (Wildman–Crippen LogP) is 0.789. The molecule has 0 radical (unpaired) electrons. The van der Waals surface area contributed by atoms with E-state index in [4.69, 9.17) is 4.84 Å². The van der Waals surface area contributed by atoms with Crippen LogP contribution in [0.1, 0.15) is 39.0 Å². The first kappa shape index (κ1) is 17.8. The third-order valence-corrected chi connectivity index (χ3v) is 4.81. The molecule has 8 nitrogen and oxygen atoms in total. The van der Waals surface area contributed by atoms with Crippen molar-refractivity contribution in [3.8, 4) is 0 Å². The Kier molecular flexibility index (Phi) is 4.81. The molecule has 1 saturated carbocycles. The normalized spacial score (nSPS) is 29.6. The first-order valence-electron chi connectivity index (χ1n) is 8.55. The van der Waals surface area contributed by atoms with Gasteiger partial charge in [0.2, 0.25) is 5.91 Å². The molecule has 0 aromatic rings. The number of carbonyl (C=O) groups is 3. The van der Waals surface area contributed by atoms with Crippen molar-refractivity contribution in [3.63, 3.8) is 0 Å². The lowest BCUT2D eigenvalue weighted by molar-refractivity contribution is -0.133. The summed E-state index contributed by atoms with van der Waals surface area (Å²) in [7, 11) is 0. The number of nitrogens with one attached hydrogen (secondary N) is 2. The van der Waals surface area contributed by atoms with E-state index in [1.54, 1.807) is 0 Å². The van der Waals surface area contributed by atoms with Crippen molar-refractivity contribution in [3.05, 3.63) is 0 Å². The van der Waals surface area contributed by atoms with Gasteiger partial charge in [-0.2, -0.15) is 5.06 Å². The summed E-state index contributed by atoms with van der Waals surface area (Å²) in [5.74, 6) is -5.88. The Morgan fingerprint density at radius 1 is 1.28 bits per heavy atom. The van der Waals surface area contributed by atoms with Crippen LogP contribution in [0.4, 0.5) is 13.6 Å². The molecule has 2 saturated heterocycles. The molecule has 4 amide bonds. The number of fused-ring (bicyclic) bond motifs is 2. The van der Waals surface area contributed by atoms with Gasteiger partial charge in [0.1, 0.15) is 12.0 Å². The number of hydrogen-bond acceptors (Lipinski definition) is 4. The molecule has 2 heterocycles. The third kappa shape index (κ3) is 3.53. The zero-order chi connectivity index (χ0) is 18.2. The largest absolute Gasteiger partial charge is 0.345 e. The van der Waals surface area contributed by atoms with E-state index in [0.717, 1.165) is 12.8 Å². The number of halogens is 2. The Morgan fingerprint density at radius 2 is 1.96 bits per heavy atom. The van der Waals surface area contributed by atoms with Gasteiger partial charge in [-0.1, -0.05) is 13.3 Å². The second-order valence-electron chi connectivity index (χ2n) is 6.69. The average molecular weight is 360 g/mol. The number of hydroxylamine groups is 2. The molecule has 3 fully saturated rings. The minimum Gasteiger partial charge on any atom is -0.309 e. The van der Waals surface area contributed by atoms with Crippen molar-refractivity contribution in [2.24, 2.45) is 5.92 Å². The molecule has 0 spiro atoms. The van der Waals surface area contributed by atoms with Crippen LogP contribution >= 0.6 is 0 Å². The van der Waals surface area contributed by atoms with Crippen LogP contribution in [0, 0.1) is 5.92 Å². The summed E-state index contributed by atoms with van der Waals surface area (Å²) in [6.45, 7) is 2.83. The van der Waals surface area contributed by atoms with Crippen LogP contribution in [0.2, 0.25) is 0 Å². The topological polar surface area (TPSA) is 91.0 Å². The van der Waals surface area contributed by atoms with Gasteiger partial charge in [-0.05, 0) is 19.3 Å². The SMILES string of the molecule is CCCCON1C(=O)N2C[C@@H]1CC[C@H]2C(=O)NNC(=O)C1CC1(F)F. The van der Waals surface area contributed by atoms with Gasteiger partial charge >= 0.3 is 6.03 Å². The van der Waals surface area contributed by atoms with Gasteiger partial charge < -0.3 is 4.90 Å². The van der Waals surface area contributed by atoms with E-state index in [1.807, 2.05) is 12.3 Å². The number of alkyl halides is 2. The fourth-order valence-electron chi connectivity index (χ4n) is 3.17. The van der Waals surface area contributed by atoms with Gasteiger partial charge in [-0.25, -0.2) is 13.6 Å². The molecule has 3 atom stereocenters. The minimum atomic E-state index is -2.99. The molecule has 3 rings (SSSR count). The number of nitrogens with zero attached hydrogens (tertiary/aromatic N) is 2. The van der Waals surface area contributed by atoms with E-state index in [1.165, 1.54) is 9.96 Å². The highest BCUT2D eigenvalue weighted by atomic mass is 19.3. The molecule has 1 unspecified atom stereocenters. The zero-order valence-corrected chi connectivity index (χ0v) is 14.0. The quantitative estimate of drug-likeness (QED) is 0.541. The lowest BCUT2D eigenvalue weighted by Crippen LogP contribution is -2.54. The van der Waals surface area contributed by atoms with Crippen molar-refractivity contribution in [2.75, 3.05) is 13.2 Å². The van der Waals surface area contributed by atoms with Gasteiger partial charge in [0.25, 0.3) is 11.8 Å². The number of urea groups is 1. The Bertz CT molecular complexity index is 574. The van der Waals surface area contributed by atoms with Crippen LogP contribution in [0.5, 0.6) is 0 Å². The lowest BCUT2D eigenvalue weighted by Gasteiger charge is -2.29. The summed E-state index contributed by atoms with van der Waals surface area (Å²) in [4.78, 5) is 43.1. The molecule has 140 valence electrons. The van der Waals surface area contributed by atoms with Crippen LogP contribution < -0.4 is 10.9 Å². The van der Waals surface area contributed by atoms with E-state index in [9.17, 15) is 23.2 Å². The molecule has 2 N–H and O–H groups in total. The maximum absolute atomic E-state index is 12.8. The second kappa shape index (κ2) is 6.74. The number of amides is 4. The number of hydrogen-bond donors (Lipinski definition) is 2. The summed E-state index contributed by atoms with van der Waals surface area (Å²) in [5.41, 5.74) is 4.18. The van der Waals surface area contributed by atoms with Gasteiger partial charge in [-0.3, -0.25) is 25.3 Å². The molecule has 0 aromatic carbocycles. The van der Waals surface area contributed by atoms with E-state index in [2.05, 4.69) is 5.43 Å². The highest BCUT2D eigenvalue weighted by Crippen LogP contribution is 2.48. The standard InChI is InChI=1S/C15H22F2N4O4/c1-2-3-6-25-21-9-4-5-11(20(8-9)14(21)24)13(23)19-18-12(22)10-7-15(10,16)17/h9-11H,2-8H2,1H3,(H,18,22)(H,19,23)/t9-,10?,11-/m0/s1. The van der Waals surface area contributed by atoms with Crippen LogP contribution in [0.25, 0.3) is 0 Å². The highest BCUT2D eigenvalue weighted by molar-refractivity contribution is 5.91. The highest BCUT2D eigenvalue weighted by Gasteiger charge is 2.61. The molecular formula is C15H22F2N4O4. The Balaban J connectivity index is 1.51. The molecule has 3 aliphatic rings. The fourth-order valence-corrected chi connectivity index (χ4v) is 3.17. The predicted molar refractivity (Wildman–Crippen MR) is 81.0 cm³/mol. The first-order valence-corrected chi connectivity index (χ1v) is 8.55. The van der Waals surface area contributed by atoms with E-state index >= 15 is 0 Å². The molecule has 0 aromatic heterocycles. The summed E-state index contributed by atoms with van der Waals surface area (Å²) in [6.07, 6.45) is 2.29. The third-order valence-electron chi connectivity index (χ3n) is 4.81. The Morgan fingerprint density at radius 3 is 2.60 bits per heavy atom. The summed E-state index contributed by atoms with van der Waals surface area (Å²) < 4.78 is 25.6. The van der Waals surface area contributed by atoms with Crippen LogP contribution in [0.15, 0.2) is 0 Å². The van der Waals surface area contributed by atoms with Crippen molar-refractivity contribution in [2.45, 2.75) is 57.0 Å². The van der Waals surface area contributed by atoms with Gasteiger partial charge in [0, 0.05) is 13.0 Å². The lowest BCUT2D eigenvalue weighted by atomic mass is 10.0. The van der Waals surface area contributed by atoms with Crippen molar-refractivity contribution in [1.82, 2.24) is 20.8 Å². The molecule has 1 aliphatic carbocycles. The molecule has 10 heteroatoms. The zero-order valence-electron chi connectivity index (χ0n) is 14.0. The number of hydrazine groups is 1. The second-order valence-corrected chi connectivity index (χ2v) is 6.69. The van der Waals surface area contributed by atoms with Crippen LogP contribution in [-0.2, 0) is 14.4 Å². The van der Waals surface area contributed by atoms with Gasteiger partial charge in [-0.15, -0.1) is 0 Å². The molecule has 2 aliphatic heterocycles. The Hall–Kier alpha value is -1.97. The minimum absolute atomic E-state index is 0.0897. The first-order chi connectivity index (χ1) is 11.8. The number of rotatable bonds is 6. The number of piperidine rings is 1. The van der Waals surface area contributed by atoms with Crippen LogP contribution in [0.3, 0.4) is 0 Å². The summed E-state index contributed by atoms with van der Waals surface area (Å²) in [5, 5.41) is 1.33. The van der Waals surface area contributed by atoms with E-state index in [-0.39, 0.29) is 12.1 Å².